The van der Waals surface area contributed by atoms with Gasteiger partial charge in [0.05, 0.1) is 24.0 Å². The number of aromatic nitrogens is 3. The fourth-order valence-electron chi connectivity index (χ4n) is 4.95. The number of carbonyl (C=O) groups excluding carboxylic acids is 1. The lowest BCUT2D eigenvalue weighted by molar-refractivity contribution is 0.0154. The first-order valence-electron chi connectivity index (χ1n) is 10.8. The van der Waals surface area contributed by atoms with Crippen molar-refractivity contribution < 1.29 is 23.0 Å². The zero-order chi connectivity index (χ0) is 22.7. The van der Waals surface area contributed by atoms with E-state index in [0.29, 0.717) is 17.9 Å². The summed E-state index contributed by atoms with van der Waals surface area (Å²) in [6.45, 7) is 6.61. The van der Waals surface area contributed by atoms with E-state index in [9.17, 15) is 13.6 Å². The number of ether oxygens (including phenoxy) is 2. The summed E-state index contributed by atoms with van der Waals surface area (Å²) in [5.41, 5.74) is 1.89. The van der Waals surface area contributed by atoms with Crippen molar-refractivity contribution in [3.05, 3.63) is 59.3 Å². The fourth-order valence-corrected chi connectivity index (χ4v) is 4.95. The van der Waals surface area contributed by atoms with Crippen LogP contribution in [0.1, 0.15) is 67.5 Å². The predicted molar refractivity (Wildman–Crippen MR) is 113 cm³/mol. The van der Waals surface area contributed by atoms with Gasteiger partial charge in [-0.2, -0.15) is 0 Å². The van der Waals surface area contributed by atoms with Crippen LogP contribution in [0, 0.1) is 0 Å². The first kappa shape index (κ1) is 21.0. The van der Waals surface area contributed by atoms with Gasteiger partial charge in [-0.15, -0.1) is 0 Å². The number of rotatable bonds is 7. The minimum atomic E-state index is -2.73. The van der Waals surface area contributed by atoms with Gasteiger partial charge in [0, 0.05) is 35.9 Å². The maximum atomic E-state index is 13.0. The summed E-state index contributed by atoms with van der Waals surface area (Å²) in [6.07, 6.45) is 2.89. The van der Waals surface area contributed by atoms with Gasteiger partial charge in [0.2, 0.25) is 0 Å². The van der Waals surface area contributed by atoms with E-state index in [2.05, 4.69) is 11.9 Å². The quantitative estimate of drug-likeness (QED) is 0.497. The zero-order valence-electron chi connectivity index (χ0n) is 18.3. The number of nitrogens with zero attached hydrogens (tertiary/aromatic N) is 3. The first-order chi connectivity index (χ1) is 15.2. The normalized spacial score (nSPS) is 24.3. The summed E-state index contributed by atoms with van der Waals surface area (Å²) in [7, 11) is 0. The molecule has 32 heavy (non-hydrogen) atoms. The lowest BCUT2D eigenvalue weighted by Crippen LogP contribution is -2.45. The molecule has 0 unspecified atom stereocenters. The average molecular weight is 441 g/mol. The van der Waals surface area contributed by atoms with Crippen LogP contribution in [0.2, 0.25) is 0 Å². The molecular weight excluding hydrogens is 416 g/mol. The number of imidazole rings is 1. The van der Waals surface area contributed by atoms with Crippen LogP contribution in [-0.4, -0.2) is 38.5 Å². The molecule has 0 N–H and O–H groups in total. The first-order valence-corrected chi connectivity index (χ1v) is 10.8. The lowest BCUT2D eigenvalue weighted by atomic mass is 9.62. The maximum Gasteiger partial charge on any atom is 0.280 e. The Labute approximate surface area is 184 Å². The molecule has 5 heterocycles. The van der Waals surface area contributed by atoms with Crippen molar-refractivity contribution in [2.45, 2.75) is 63.6 Å². The standard InChI is InChI=1S/C24H25F2N3O3/c1-14(2)32-19-8-21-28-20(24-11-23(3,12-24)31-13-24)10-29(21)9-15(19)7-18(30)16-5-4-6-17(27-16)22(25)26/h4-6,8-10,14,22H,7,11-13H2,1-3H3. The van der Waals surface area contributed by atoms with Crippen molar-refractivity contribution in [1.29, 1.82) is 0 Å². The molecule has 168 valence electrons. The molecular formula is C24H25F2N3O3. The smallest absolute Gasteiger partial charge is 0.280 e. The largest absolute Gasteiger partial charge is 0.491 e. The highest BCUT2D eigenvalue weighted by Crippen LogP contribution is 2.58. The Hall–Kier alpha value is -2.87. The number of halogens is 2. The number of hydrogen-bond acceptors (Lipinski definition) is 5. The molecule has 8 heteroatoms. The Morgan fingerprint density at radius 1 is 1.25 bits per heavy atom. The minimum Gasteiger partial charge on any atom is -0.491 e. The number of Topliss-reactive ketones (excluding diaryl/α,β-unsaturated/α-hetero) is 1. The molecule has 0 radical (unpaired) electrons. The number of fused-ring (bicyclic) bond motifs is 2. The molecule has 0 atom stereocenters. The van der Waals surface area contributed by atoms with E-state index in [4.69, 9.17) is 14.5 Å². The topological polar surface area (TPSA) is 65.7 Å². The summed E-state index contributed by atoms with van der Waals surface area (Å²) in [4.78, 5) is 21.5. The molecule has 3 aliphatic rings. The molecule has 1 aliphatic carbocycles. The summed E-state index contributed by atoms with van der Waals surface area (Å²) >= 11 is 0. The van der Waals surface area contributed by atoms with Crippen molar-refractivity contribution >= 4 is 11.4 Å². The van der Waals surface area contributed by atoms with Crippen molar-refractivity contribution in [1.82, 2.24) is 14.4 Å². The fraction of sp³-hybridized carbons (Fsp3) is 0.458. The van der Waals surface area contributed by atoms with Crippen LogP contribution in [-0.2, 0) is 16.6 Å². The molecule has 3 aromatic rings. The van der Waals surface area contributed by atoms with E-state index in [-0.39, 0.29) is 35.0 Å². The Morgan fingerprint density at radius 3 is 2.69 bits per heavy atom. The Kier molecular flexibility index (Phi) is 4.81. The van der Waals surface area contributed by atoms with Crippen LogP contribution in [0.3, 0.4) is 0 Å². The minimum absolute atomic E-state index is 0.0143. The van der Waals surface area contributed by atoms with E-state index in [1.54, 1.807) is 0 Å². The Bertz CT molecular complexity index is 1200. The molecule has 3 aromatic heterocycles. The molecule has 2 aliphatic heterocycles. The number of alkyl halides is 2. The second-order valence-corrected chi connectivity index (χ2v) is 9.44. The van der Waals surface area contributed by atoms with Crippen LogP contribution in [0.4, 0.5) is 8.78 Å². The molecule has 6 nitrogen and oxygen atoms in total. The molecule has 0 aromatic carbocycles. The third kappa shape index (κ3) is 3.56. The molecule has 2 bridgehead atoms. The van der Waals surface area contributed by atoms with Gasteiger partial charge < -0.3 is 13.9 Å². The Balaban J connectivity index is 1.48. The van der Waals surface area contributed by atoms with Crippen LogP contribution in [0.15, 0.2) is 36.7 Å². The van der Waals surface area contributed by atoms with Gasteiger partial charge in [-0.3, -0.25) is 4.79 Å². The highest BCUT2D eigenvalue weighted by atomic mass is 19.3. The molecule has 2 saturated heterocycles. The predicted octanol–water partition coefficient (Wildman–Crippen LogP) is 4.70. The number of pyridine rings is 2. The van der Waals surface area contributed by atoms with Gasteiger partial charge in [0.25, 0.3) is 6.43 Å². The third-order valence-electron chi connectivity index (χ3n) is 6.29. The average Bonchev–Trinajstić information content (AvgIpc) is 3.38. The molecule has 1 saturated carbocycles. The SMILES string of the molecule is CC(C)Oc1cc2nc(C34COC(C)(C3)C4)cn2cc1CC(=O)c1cccc(C(F)F)n1. The second kappa shape index (κ2) is 7.33. The van der Waals surface area contributed by atoms with E-state index in [0.717, 1.165) is 24.2 Å². The molecule has 3 fully saturated rings. The second-order valence-electron chi connectivity index (χ2n) is 9.44. The van der Waals surface area contributed by atoms with Gasteiger partial charge in [-0.25, -0.2) is 18.7 Å². The number of hydrogen-bond donors (Lipinski definition) is 0. The van der Waals surface area contributed by atoms with E-state index < -0.39 is 12.1 Å². The summed E-state index contributed by atoms with van der Waals surface area (Å²) in [6, 6.07) is 5.93. The van der Waals surface area contributed by atoms with Gasteiger partial charge >= 0.3 is 0 Å². The van der Waals surface area contributed by atoms with Crippen LogP contribution in [0.5, 0.6) is 5.75 Å². The van der Waals surface area contributed by atoms with Crippen LogP contribution in [0.25, 0.3) is 5.65 Å². The molecule has 0 spiro atoms. The number of ketones is 1. The van der Waals surface area contributed by atoms with Crippen molar-refractivity contribution in [2.75, 3.05) is 6.61 Å². The van der Waals surface area contributed by atoms with Crippen LogP contribution < -0.4 is 4.74 Å². The van der Waals surface area contributed by atoms with Crippen molar-refractivity contribution in [2.24, 2.45) is 0 Å². The summed E-state index contributed by atoms with van der Waals surface area (Å²) < 4.78 is 39.8. The van der Waals surface area contributed by atoms with E-state index >= 15 is 0 Å². The van der Waals surface area contributed by atoms with Gasteiger partial charge in [-0.05, 0) is 45.7 Å². The summed E-state index contributed by atoms with van der Waals surface area (Å²) in [5, 5.41) is 0. The lowest BCUT2D eigenvalue weighted by Gasteiger charge is -2.41. The Morgan fingerprint density at radius 2 is 2.03 bits per heavy atom. The zero-order valence-corrected chi connectivity index (χ0v) is 18.3. The molecule has 0 amide bonds. The summed E-state index contributed by atoms with van der Waals surface area (Å²) in [5.74, 6) is 0.208. The van der Waals surface area contributed by atoms with E-state index in [1.165, 1.54) is 18.2 Å². The van der Waals surface area contributed by atoms with E-state index in [1.807, 2.05) is 36.7 Å². The third-order valence-corrected chi connectivity index (χ3v) is 6.29. The van der Waals surface area contributed by atoms with Gasteiger partial charge in [0.1, 0.15) is 22.8 Å². The molecule has 6 rings (SSSR count). The van der Waals surface area contributed by atoms with Gasteiger partial charge in [-0.1, -0.05) is 6.07 Å². The van der Waals surface area contributed by atoms with Crippen molar-refractivity contribution in [3.63, 3.8) is 0 Å². The monoisotopic (exact) mass is 441 g/mol. The number of carbonyl (C=O) groups is 1. The van der Waals surface area contributed by atoms with Gasteiger partial charge in [0.15, 0.2) is 5.78 Å². The maximum absolute atomic E-state index is 13.0. The highest BCUT2D eigenvalue weighted by Gasteiger charge is 2.61. The van der Waals surface area contributed by atoms with Crippen LogP contribution >= 0.6 is 0 Å². The van der Waals surface area contributed by atoms with Crippen molar-refractivity contribution in [3.8, 4) is 5.75 Å². The highest BCUT2D eigenvalue weighted by molar-refractivity contribution is 5.96.